The van der Waals surface area contributed by atoms with Gasteiger partial charge in [0, 0.05) is 5.56 Å². The average Bonchev–Trinajstić information content (AvgIpc) is 2.75. The van der Waals surface area contributed by atoms with Crippen molar-refractivity contribution < 1.29 is 5.11 Å². The number of rotatable bonds is 1. The minimum Gasteiger partial charge on any atom is -0.506 e. The van der Waals surface area contributed by atoms with Crippen LogP contribution < -0.4 is 5.73 Å². The van der Waals surface area contributed by atoms with E-state index >= 15 is 0 Å². The third-order valence-electron chi connectivity index (χ3n) is 2.82. The van der Waals surface area contributed by atoms with Gasteiger partial charge in [0.15, 0.2) is 0 Å². The molecule has 1 heterocycles. The molecular formula is C14H12N2OS. The first kappa shape index (κ1) is 11.0. The second kappa shape index (κ2) is 3.99. The van der Waals surface area contributed by atoms with Crippen molar-refractivity contribution in [1.82, 2.24) is 4.98 Å². The first-order chi connectivity index (χ1) is 8.63. The zero-order valence-corrected chi connectivity index (χ0v) is 10.7. The molecule has 18 heavy (non-hydrogen) atoms. The Hall–Kier alpha value is -2.07. The van der Waals surface area contributed by atoms with Crippen molar-refractivity contribution >= 4 is 27.2 Å². The predicted octanol–water partition coefficient (Wildman–Crippen LogP) is 3.56. The summed E-state index contributed by atoms with van der Waals surface area (Å²) in [5.41, 5.74) is 9.06. The highest BCUT2D eigenvalue weighted by atomic mass is 32.1. The van der Waals surface area contributed by atoms with E-state index in [2.05, 4.69) is 23.2 Å². The van der Waals surface area contributed by atoms with Gasteiger partial charge in [-0.15, -0.1) is 11.3 Å². The van der Waals surface area contributed by atoms with Gasteiger partial charge in [0.2, 0.25) is 0 Å². The molecule has 0 aliphatic rings. The van der Waals surface area contributed by atoms with Crippen LogP contribution in [-0.2, 0) is 0 Å². The van der Waals surface area contributed by atoms with E-state index < -0.39 is 0 Å². The summed E-state index contributed by atoms with van der Waals surface area (Å²) in [6.07, 6.45) is 0. The summed E-state index contributed by atoms with van der Waals surface area (Å²) in [5.74, 6) is 0.0999. The van der Waals surface area contributed by atoms with E-state index in [4.69, 9.17) is 5.73 Å². The highest BCUT2D eigenvalue weighted by Gasteiger charge is 2.08. The Bertz CT molecular complexity index is 734. The van der Waals surface area contributed by atoms with Gasteiger partial charge < -0.3 is 10.8 Å². The van der Waals surface area contributed by atoms with Crippen molar-refractivity contribution in [1.29, 1.82) is 0 Å². The normalized spacial score (nSPS) is 10.9. The Morgan fingerprint density at radius 1 is 1.17 bits per heavy atom. The Morgan fingerprint density at radius 3 is 2.78 bits per heavy atom. The average molecular weight is 256 g/mol. The number of aryl methyl sites for hydroxylation is 1. The number of nitrogen functional groups attached to an aromatic ring is 1. The van der Waals surface area contributed by atoms with Crippen LogP contribution >= 0.6 is 11.3 Å². The Balaban J connectivity index is 2.16. The lowest BCUT2D eigenvalue weighted by Gasteiger charge is -2.00. The second-order valence-electron chi connectivity index (χ2n) is 4.26. The molecule has 0 fully saturated rings. The smallest absolute Gasteiger partial charge is 0.139 e. The molecule has 1 aromatic heterocycles. The molecule has 0 unspecified atom stereocenters. The molecule has 0 saturated heterocycles. The molecule has 3 nitrogen and oxygen atoms in total. The molecule has 3 rings (SSSR count). The zero-order chi connectivity index (χ0) is 12.7. The van der Waals surface area contributed by atoms with Gasteiger partial charge in [-0.05, 0) is 42.8 Å². The zero-order valence-electron chi connectivity index (χ0n) is 9.84. The fraction of sp³-hybridized carbons (Fsp3) is 0.0714. The van der Waals surface area contributed by atoms with Crippen molar-refractivity contribution in [3.8, 4) is 16.3 Å². The minimum absolute atomic E-state index is 0.0999. The van der Waals surface area contributed by atoms with Crippen LogP contribution in [0.4, 0.5) is 5.69 Å². The molecule has 0 aliphatic heterocycles. The van der Waals surface area contributed by atoms with Gasteiger partial charge in [0.1, 0.15) is 10.8 Å². The van der Waals surface area contributed by atoms with Gasteiger partial charge in [-0.25, -0.2) is 4.98 Å². The molecular weight excluding hydrogens is 244 g/mol. The van der Waals surface area contributed by atoms with Crippen LogP contribution in [0.2, 0.25) is 0 Å². The molecule has 3 aromatic rings. The number of nitrogens with zero attached hydrogens (tertiary/aromatic N) is 1. The lowest BCUT2D eigenvalue weighted by molar-refractivity contribution is 0.478. The van der Waals surface area contributed by atoms with Crippen molar-refractivity contribution in [3.05, 3.63) is 42.0 Å². The number of nitrogens with two attached hydrogens (primary N) is 1. The molecule has 0 saturated carbocycles. The molecule has 0 aliphatic carbocycles. The monoisotopic (exact) mass is 256 g/mol. The SMILES string of the molecule is Cc1ccc2sc(-c3ccc(N)c(O)c3)nc2c1. The van der Waals surface area contributed by atoms with Gasteiger partial charge in [-0.3, -0.25) is 0 Å². The number of hydrogen-bond acceptors (Lipinski definition) is 4. The van der Waals surface area contributed by atoms with Crippen LogP contribution in [0.1, 0.15) is 5.56 Å². The third-order valence-corrected chi connectivity index (χ3v) is 3.91. The van der Waals surface area contributed by atoms with Crippen molar-refractivity contribution in [2.24, 2.45) is 0 Å². The topological polar surface area (TPSA) is 59.1 Å². The summed E-state index contributed by atoms with van der Waals surface area (Å²) in [6.45, 7) is 2.05. The van der Waals surface area contributed by atoms with Crippen molar-refractivity contribution in [2.75, 3.05) is 5.73 Å². The summed E-state index contributed by atoms with van der Waals surface area (Å²) in [5, 5.41) is 10.5. The molecule has 0 atom stereocenters. The van der Waals surface area contributed by atoms with Crippen LogP contribution in [0.15, 0.2) is 36.4 Å². The number of phenols is 1. The predicted molar refractivity (Wildman–Crippen MR) is 75.9 cm³/mol. The van der Waals surface area contributed by atoms with Crippen LogP contribution in [0.3, 0.4) is 0 Å². The van der Waals surface area contributed by atoms with E-state index in [1.54, 1.807) is 23.5 Å². The Morgan fingerprint density at radius 2 is 2.00 bits per heavy atom. The number of anilines is 1. The third kappa shape index (κ3) is 1.80. The maximum atomic E-state index is 9.63. The maximum absolute atomic E-state index is 9.63. The van der Waals surface area contributed by atoms with Crippen LogP contribution in [-0.4, -0.2) is 10.1 Å². The first-order valence-electron chi connectivity index (χ1n) is 5.59. The van der Waals surface area contributed by atoms with E-state index in [1.807, 2.05) is 13.0 Å². The van der Waals surface area contributed by atoms with E-state index in [-0.39, 0.29) is 5.75 Å². The largest absolute Gasteiger partial charge is 0.506 e. The summed E-state index contributed by atoms with van der Waals surface area (Å²) in [6, 6.07) is 11.4. The number of phenolic OH excluding ortho intramolecular Hbond substituents is 1. The fourth-order valence-corrected chi connectivity index (χ4v) is 2.78. The van der Waals surface area contributed by atoms with Gasteiger partial charge in [-0.2, -0.15) is 0 Å². The van der Waals surface area contributed by atoms with Gasteiger partial charge >= 0.3 is 0 Å². The summed E-state index contributed by atoms with van der Waals surface area (Å²) in [7, 11) is 0. The van der Waals surface area contributed by atoms with Crippen molar-refractivity contribution in [2.45, 2.75) is 6.92 Å². The minimum atomic E-state index is 0.0999. The number of benzene rings is 2. The van der Waals surface area contributed by atoms with Crippen molar-refractivity contribution in [3.63, 3.8) is 0 Å². The number of hydrogen-bond donors (Lipinski definition) is 2. The van der Waals surface area contributed by atoms with E-state index in [0.29, 0.717) is 5.69 Å². The first-order valence-corrected chi connectivity index (χ1v) is 6.41. The maximum Gasteiger partial charge on any atom is 0.139 e. The molecule has 2 aromatic carbocycles. The van der Waals surface area contributed by atoms with E-state index in [1.165, 1.54) is 5.56 Å². The quantitative estimate of drug-likeness (QED) is 0.517. The summed E-state index contributed by atoms with van der Waals surface area (Å²) in [4.78, 5) is 4.58. The number of fused-ring (bicyclic) bond motifs is 1. The molecule has 3 N–H and O–H groups in total. The van der Waals surface area contributed by atoms with Crippen LogP contribution in [0, 0.1) is 6.92 Å². The molecule has 4 heteroatoms. The highest BCUT2D eigenvalue weighted by Crippen LogP contribution is 2.33. The number of aromatic nitrogens is 1. The lowest BCUT2D eigenvalue weighted by Crippen LogP contribution is -1.85. The lowest BCUT2D eigenvalue weighted by atomic mass is 10.2. The highest BCUT2D eigenvalue weighted by molar-refractivity contribution is 7.21. The van der Waals surface area contributed by atoms with Crippen LogP contribution in [0.5, 0.6) is 5.75 Å². The van der Waals surface area contributed by atoms with Crippen LogP contribution in [0.25, 0.3) is 20.8 Å². The molecule has 0 bridgehead atoms. The summed E-state index contributed by atoms with van der Waals surface area (Å²) < 4.78 is 1.15. The molecule has 0 spiro atoms. The second-order valence-corrected chi connectivity index (χ2v) is 5.29. The van der Waals surface area contributed by atoms with E-state index in [0.717, 1.165) is 20.8 Å². The molecule has 90 valence electrons. The van der Waals surface area contributed by atoms with Gasteiger partial charge in [-0.1, -0.05) is 6.07 Å². The molecule has 0 amide bonds. The number of thiazole rings is 1. The molecule has 0 radical (unpaired) electrons. The Kier molecular flexibility index (Phi) is 2.45. The fourth-order valence-electron chi connectivity index (χ4n) is 1.84. The summed E-state index contributed by atoms with van der Waals surface area (Å²) >= 11 is 1.61. The Labute approximate surface area is 109 Å². The standard InChI is InChI=1S/C14H12N2OS/c1-8-2-5-13-11(6-8)16-14(18-13)9-3-4-10(15)12(17)7-9/h2-7,17H,15H2,1H3. The van der Waals surface area contributed by atoms with E-state index in [9.17, 15) is 5.11 Å². The van der Waals surface area contributed by atoms with Gasteiger partial charge in [0.05, 0.1) is 15.9 Å². The van der Waals surface area contributed by atoms with Gasteiger partial charge in [0.25, 0.3) is 0 Å². The number of aromatic hydroxyl groups is 1.